The lowest BCUT2D eigenvalue weighted by Crippen LogP contribution is -2.83. The van der Waals surface area contributed by atoms with Crippen molar-refractivity contribution < 1.29 is 80.3 Å². The Morgan fingerprint density at radius 2 is 1.44 bits per heavy atom. The van der Waals surface area contributed by atoms with Crippen LogP contribution in [0.3, 0.4) is 0 Å². The van der Waals surface area contributed by atoms with Crippen molar-refractivity contribution in [2.75, 3.05) is 6.61 Å². The number of ether oxygens (including phenoxy) is 8. The number of esters is 4. The number of fused-ring (bicyclic) bond motifs is 4. The van der Waals surface area contributed by atoms with Crippen LogP contribution in [-0.2, 0) is 65.9 Å². The zero-order chi connectivity index (χ0) is 60.0. The van der Waals surface area contributed by atoms with Gasteiger partial charge in [0.25, 0.3) is 0 Å². The Morgan fingerprint density at radius 3 is 1.93 bits per heavy atom. The number of hydrogen-bond donors (Lipinski definition) is 1. The van der Waals surface area contributed by atoms with Crippen LogP contribution in [-0.4, -0.2) is 131 Å². The summed E-state index contributed by atoms with van der Waals surface area (Å²) in [4.78, 5) is 105. The average Bonchev–Trinajstić information content (AvgIpc) is 3.73. The first kappa shape index (κ1) is 64.3. The molecule has 1 spiro atoms. The van der Waals surface area contributed by atoms with Gasteiger partial charge in [-0.05, 0) is 107 Å². The van der Waals surface area contributed by atoms with Crippen LogP contribution < -0.4 is 5.32 Å². The van der Waals surface area contributed by atoms with Gasteiger partial charge in [-0.2, -0.15) is 0 Å². The zero-order valence-electron chi connectivity index (χ0n) is 51.1. The Bertz CT molecular complexity index is 2550. The van der Waals surface area contributed by atoms with Crippen molar-refractivity contribution in [1.29, 1.82) is 0 Å². The highest BCUT2D eigenvalue weighted by atomic mass is 28.4. The molecule has 0 radical (unpaired) electrons. The number of Topliss-reactive ketones (excluding diaryl/α,β-unsaturated/α-hetero) is 1. The molecule has 12 atom stereocenters. The Hall–Kier alpha value is -4.90. The normalized spacial score (nSPS) is 29.7. The molecule has 80 heavy (non-hydrogen) atoms. The van der Waals surface area contributed by atoms with E-state index < -0.39 is 141 Å². The molecule has 2 bridgehead atoms. The van der Waals surface area contributed by atoms with Gasteiger partial charge in [0.15, 0.2) is 50.2 Å². The molecular formula is C60H91NO17Si2. The van der Waals surface area contributed by atoms with E-state index in [0.717, 1.165) is 0 Å². The fourth-order valence-corrected chi connectivity index (χ4v) is 22.8. The lowest BCUT2D eigenvalue weighted by atomic mass is 9.44. The number of hydrogen-bond acceptors (Lipinski definition) is 17. The van der Waals surface area contributed by atoms with Crippen molar-refractivity contribution >= 4 is 58.5 Å². The number of carbonyl (C=O) groups excluding carboxylic acids is 7. The maximum atomic E-state index is 16.9. The lowest BCUT2D eigenvalue weighted by molar-refractivity contribution is -0.344. The second kappa shape index (κ2) is 23.8. The topological polar surface area (TPSA) is 224 Å². The predicted octanol–water partition coefficient (Wildman–Crippen LogP) is 11.2. The van der Waals surface area contributed by atoms with Gasteiger partial charge in [0.05, 0.1) is 35.6 Å². The van der Waals surface area contributed by atoms with Gasteiger partial charge in [0, 0.05) is 25.2 Å². The zero-order valence-corrected chi connectivity index (χ0v) is 53.1. The molecule has 1 aromatic carbocycles. The third-order valence-electron chi connectivity index (χ3n) is 18.2. The Labute approximate surface area is 476 Å². The highest BCUT2D eigenvalue weighted by Crippen LogP contribution is 2.67. The van der Waals surface area contributed by atoms with Gasteiger partial charge in [0.1, 0.15) is 11.7 Å². The highest BCUT2D eigenvalue weighted by Gasteiger charge is 2.84. The van der Waals surface area contributed by atoms with Crippen LogP contribution in [0.1, 0.15) is 162 Å². The van der Waals surface area contributed by atoms with E-state index in [4.69, 9.17) is 46.7 Å². The van der Waals surface area contributed by atoms with Gasteiger partial charge in [0.2, 0.25) is 13.9 Å². The third kappa shape index (κ3) is 11.2. The molecule has 0 aromatic heterocycles. The summed E-state index contributed by atoms with van der Waals surface area (Å²) in [7, 11) is -5.83. The Balaban J connectivity index is 1.75. The van der Waals surface area contributed by atoms with Gasteiger partial charge in [-0.15, -0.1) is 0 Å². The van der Waals surface area contributed by atoms with Gasteiger partial charge >= 0.3 is 36.1 Å². The minimum atomic E-state index is -3.11. The summed E-state index contributed by atoms with van der Waals surface area (Å²) in [6.07, 6.45) is -11.1. The smallest absolute Gasteiger partial charge is 0.454 e. The number of nitrogens with one attached hydrogen (secondary N) is 1. The number of benzene rings is 1. The third-order valence-corrected chi connectivity index (χ3v) is 29.0. The molecule has 3 aliphatic carbocycles. The Kier molecular flexibility index (Phi) is 19.1. The van der Waals surface area contributed by atoms with Crippen LogP contribution in [0.4, 0.5) is 9.59 Å². The lowest BCUT2D eigenvalue weighted by Gasteiger charge is -2.68. The quantitative estimate of drug-likeness (QED) is 0.0554. The van der Waals surface area contributed by atoms with Crippen molar-refractivity contribution in [2.45, 2.75) is 252 Å². The van der Waals surface area contributed by atoms with Crippen LogP contribution in [0.25, 0.3) is 0 Å². The summed E-state index contributed by atoms with van der Waals surface area (Å²) in [5.41, 5.74) is -7.83. The number of ketones is 1. The van der Waals surface area contributed by atoms with Gasteiger partial charge < -0.3 is 52.1 Å². The van der Waals surface area contributed by atoms with E-state index in [1.165, 1.54) is 6.92 Å². The fraction of sp³-hybridized carbons (Fsp3) is 0.717. The molecule has 2 heterocycles. The molecule has 20 heteroatoms. The second-order valence-corrected chi connectivity index (χ2v) is 35.6. The van der Waals surface area contributed by atoms with Gasteiger partial charge in [-0.1, -0.05) is 113 Å². The van der Waals surface area contributed by atoms with E-state index in [2.05, 4.69) is 5.32 Å². The largest absolute Gasteiger partial charge is 0.509 e. The van der Waals surface area contributed by atoms with Crippen molar-refractivity contribution in [3.63, 3.8) is 0 Å². The average molecular weight is 1150 g/mol. The maximum Gasteiger partial charge on any atom is 0.509 e. The van der Waals surface area contributed by atoms with Crippen molar-refractivity contribution in [2.24, 2.45) is 16.7 Å². The molecule has 2 saturated heterocycles. The molecule has 1 amide bonds. The molecule has 2 saturated carbocycles. The van der Waals surface area contributed by atoms with Crippen molar-refractivity contribution in [3.8, 4) is 0 Å². The van der Waals surface area contributed by atoms with Gasteiger partial charge in [-0.25, -0.2) is 19.2 Å². The molecule has 446 valence electrons. The fourth-order valence-electron chi connectivity index (χ4n) is 14.4. The van der Waals surface area contributed by atoms with Crippen LogP contribution in [0.2, 0.25) is 34.8 Å². The molecule has 1 N–H and O–H groups in total. The van der Waals surface area contributed by atoms with Gasteiger partial charge in [-0.3, -0.25) is 14.4 Å². The molecule has 5 aliphatic rings. The summed E-state index contributed by atoms with van der Waals surface area (Å²) in [6.45, 7) is 36.4. The minimum Gasteiger partial charge on any atom is -0.454 e. The van der Waals surface area contributed by atoms with Crippen molar-refractivity contribution in [3.05, 3.63) is 58.7 Å². The molecule has 6 rings (SSSR count). The number of amides is 1. The second-order valence-electron chi connectivity index (χ2n) is 25.5. The number of alkyl carbamates (subject to hydrolysis) is 1. The summed E-state index contributed by atoms with van der Waals surface area (Å²) in [5, 5.41) is 2.90. The first-order valence-electron chi connectivity index (χ1n) is 28.8. The molecular weight excluding hydrogens is 1060 g/mol. The number of allylic oxidation sites excluding steroid dienone is 1. The summed E-state index contributed by atoms with van der Waals surface area (Å²) < 4.78 is 66.9. The number of rotatable bonds is 20. The van der Waals surface area contributed by atoms with Crippen LogP contribution in [0, 0.1) is 16.7 Å². The Morgan fingerprint density at radius 1 is 0.850 bits per heavy atom. The van der Waals surface area contributed by atoms with Crippen molar-refractivity contribution in [1.82, 2.24) is 5.32 Å². The van der Waals surface area contributed by atoms with E-state index in [9.17, 15) is 19.2 Å². The molecule has 2 unspecified atom stereocenters. The summed E-state index contributed by atoms with van der Waals surface area (Å²) in [5.74, 6) is -5.56. The monoisotopic (exact) mass is 1150 g/mol. The molecule has 1 aromatic rings. The van der Waals surface area contributed by atoms with E-state index in [1.54, 1.807) is 91.8 Å². The molecule has 2 aliphatic heterocycles. The minimum absolute atomic E-state index is 0.0441. The standard InChI is InChI=1S/C60H91NO17Si2/c1-21-43(63)70-47-44-37(13)45(71-53(66)46(78-80(34(7)8,35(9)10)36(11)12)40(30-33(5)6)61-54(67)75-56(15,16)17)50-60(57(44,18)19,76-55(68)73-50)51(72-52(65)39-28-26-25-27-29-39)48-58(20,49(47)64)41(77-79(22-2,23-3)24-4)31-42-59(48,32-69-42)74-38(14)62/h25-30,34-36,40-42,45-48,50-51H,21-24,31-32H2,1-20H3,(H,61,67)/t40-,41-,42+,45+,46+,47+,48?,50-,51?,58+,59-,60+/m0/s1. The SMILES string of the molecule is CCC(=O)O[C@H]1C(=O)[C@@]2(C)C(C(OC(=O)c3ccccc3)[C@]34OC(=O)O[C@H]3[C@H](OC(=O)[C@H](O[Si](C(C)C)(C(C)C)C(C)C)[C@H](C=C(C)C)NC(=O)OC(C)(C)C)C(C)=C1C4(C)C)[C@]1(OC(C)=O)CO[C@@H]1C[C@@H]2O[Si](CC)(CC)CC. The van der Waals surface area contributed by atoms with Crippen LogP contribution >= 0.6 is 0 Å². The first-order chi connectivity index (χ1) is 37.1. The van der Waals surface area contributed by atoms with Crippen LogP contribution in [0.15, 0.2) is 53.1 Å². The maximum absolute atomic E-state index is 16.9. The number of carbonyl (C=O) groups is 7. The van der Waals surface area contributed by atoms with E-state index in [0.29, 0.717) is 23.7 Å². The van der Waals surface area contributed by atoms with E-state index >= 15 is 14.4 Å². The van der Waals surface area contributed by atoms with Crippen LogP contribution in [0.5, 0.6) is 0 Å². The summed E-state index contributed by atoms with van der Waals surface area (Å²) in [6, 6.07) is 8.90. The highest BCUT2D eigenvalue weighted by molar-refractivity contribution is 6.77. The molecule has 18 nitrogen and oxygen atoms in total. The van der Waals surface area contributed by atoms with E-state index in [1.807, 2.05) is 76.2 Å². The predicted molar refractivity (Wildman–Crippen MR) is 302 cm³/mol. The summed E-state index contributed by atoms with van der Waals surface area (Å²) >= 11 is 0. The first-order valence-corrected chi connectivity index (χ1v) is 33.4. The van der Waals surface area contributed by atoms with E-state index in [-0.39, 0.29) is 52.8 Å². The molecule has 4 fully saturated rings.